The maximum atomic E-state index is 12.3. The summed E-state index contributed by atoms with van der Waals surface area (Å²) < 4.78 is 0. The molecule has 21 heavy (non-hydrogen) atoms. The van der Waals surface area contributed by atoms with Gasteiger partial charge in [0.15, 0.2) is 0 Å². The summed E-state index contributed by atoms with van der Waals surface area (Å²) in [5.74, 6) is 5.22. The fourth-order valence-corrected chi connectivity index (χ4v) is 1.87. The Morgan fingerprint density at radius 1 is 1.43 bits per heavy atom. The zero-order valence-electron chi connectivity index (χ0n) is 11.5. The van der Waals surface area contributed by atoms with Gasteiger partial charge in [-0.25, -0.2) is 4.98 Å². The van der Waals surface area contributed by atoms with Crippen molar-refractivity contribution in [2.45, 2.75) is 6.92 Å². The fourth-order valence-electron chi connectivity index (χ4n) is 1.69. The van der Waals surface area contributed by atoms with E-state index in [1.165, 1.54) is 0 Å². The summed E-state index contributed by atoms with van der Waals surface area (Å²) in [6.07, 6.45) is 1.55. The van der Waals surface area contributed by atoms with Crippen LogP contribution in [0.25, 0.3) is 0 Å². The molecule has 1 heterocycles. The molecular weight excluding hydrogens is 286 g/mol. The molecule has 0 saturated heterocycles. The van der Waals surface area contributed by atoms with E-state index in [4.69, 9.17) is 17.3 Å². The van der Waals surface area contributed by atoms with Gasteiger partial charge in [0, 0.05) is 16.9 Å². The second kappa shape index (κ2) is 6.89. The number of benzene rings is 1. The molecule has 4 nitrogen and oxygen atoms in total. The van der Waals surface area contributed by atoms with Crippen molar-refractivity contribution in [1.29, 1.82) is 0 Å². The molecule has 0 atom stereocenters. The first-order chi connectivity index (χ1) is 10.1. The van der Waals surface area contributed by atoms with Gasteiger partial charge in [-0.3, -0.25) is 4.79 Å². The SMILES string of the molecule is Cc1ccc(NC(=O)c2ncccc2C#CCN)cc1Cl. The van der Waals surface area contributed by atoms with Crippen LogP contribution < -0.4 is 11.1 Å². The largest absolute Gasteiger partial charge is 0.321 e. The van der Waals surface area contributed by atoms with Crippen molar-refractivity contribution in [1.82, 2.24) is 4.98 Å². The lowest BCUT2D eigenvalue weighted by Gasteiger charge is -2.07. The van der Waals surface area contributed by atoms with Gasteiger partial charge >= 0.3 is 0 Å². The molecular formula is C16H14ClN3O. The number of pyridine rings is 1. The zero-order valence-corrected chi connectivity index (χ0v) is 12.2. The van der Waals surface area contributed by atoms with Crippen molar-refractivity contribution in [3.05, 3.63) is 58.4 Å². The van der Waals surface area contributed by atoms with Crippen LogP contribution in [0.4, 0.5) is 5.69 Å². The van der Waals surface area contributed by atoms with Gasteiger partial charge in [-0.05, 0) is 36.8 Å². The normalized spacial score (nSPS) is 9.67. The molecule has 5 heteroatoms. The first kappa shape index (κ1) is 15.0. The topological polar surface area (TPSA) is 68.0 Å². The van der Waals surface area contributed by atoms with Gasteiger partial charge in [-0.1, -0.05) is 29.5 Å². The Labute approximate surface area is 128 Å². The molecule has 0 aliphatic carbocycles. The molecule has 2 aromatic rings. The number of aromatic nitrogens is 1. The molecule has 0 radical (unpaired) electrons. The number of carbonyl (C=O) groups is 1. The molecule has 3 N–H and O–H groups in total. The molecule has 1 amide bonds. The first-order valence-electron chi connectivity index (χ1n) is 6.33. The fraction of sp³-hybridized carbons (Fsp3) is 0.125. The number of nitrogens with one attached hydrogen (secondary N) is 1. The van der Waals surface area contributed by atoms with Crippen molar-refractivity contribution < 1.29 is 4.79 Å². The molecule has 0 aliphatic rings. The Morgan fingerprint density at radius 3 is 2.95 bits per heavy atom. The van der Waals surface area contributed by atoms with Crippen LogP contribution in [0.15, 0.2) is 36.5 Å². The predicted octanol–water partition coefficient (Wildman–Crippen LogP) is 2.61. The molecule has 0 fully saturated rings. The maximum Gasteiger partial charge on any atom is 0.275 e. The number of hydrogen-bond donors (Lipinski definition) is 2. The van der Waals surface area contributed by atoms with Crippen molar-refractivity contribution in [3.63, 3.8) is 0 Å². The monoisotopic (exact) mass is 299 g/mol. The van der Waals surface area contributed by atoms with Crippen molar-refractivity contribution in [3.8, 4) is 11.8 Å². The average Bonchev–Trinajstić information content (AvgIpc) is 2.49. The summed E-state index contributed by atoms with van der Waals surface area (Å²) in [6, 6.07) is 8.77. The van der Waals surface area contributed by atoms with Crippen LogP contribution in [0.3, 0.4) is 0 Å². The zero-order chi connectivity index (χ0) is 15.2. The number of anilines is 1. The molecule has 0 spiro atoms. The van der Waals surface area contributed by atoms with Gasteiger partial charge < -0.3 is 11.1 Å². The molecule has 2 rings (SSSR count). The molecule has 0 bridgehead atoms. The van der Waals surface area contributed by atoms with E-state index in [0.29, 0.717) is 16.3 Å². The van der Waals surface area contributed by atoms with E-state index < -0.39 is 0 Å². The second-order valence-corrected chi connectivity index (χ2v) is 4.73. The highest BCUT2D eigenvalue weighted by Gasteiger charge is 2.12. The number of nitrogens with two attached hydrogens (primary N) is 1. The number of aryl methyl sites for hydroxylation is 1. The maximum absolute atomic E-state index is 12.3. The highest BCUT2D eigenvalue weighted by atomic mass is 35.5. The predicted molar refractivity (Wildman–Crippen MR) is 84.3 cm³/mol. The molecule has 106 valence electrons. The first-order valence-corrected chi connectivity index (χ1v) is 6.71. The summed E-state index contributed by atoms with van der Waals surface area (Å²) in [4.78, 5) is 16.4. The third kappa shape index (κ3) is 3.82. The van der Waals surface area contributed by atoms with E-state index in [1.54, 1.807) is 30.5 Å². The summed E-state index contributed by atoms with van der Waals surface area (Å²) in [5, 5.41) is 3.35. The highest BCUT2D eigenvalue weighted by Crippen LogP contribution is 2.20. The second-order valence-electron chi connectivity index (χ2n) is 4.32. The van der Waals surface area contributed by atoms with E-state index in [-0.39, 0.29) is 18.1 Å². The van der Waals surface area contributed by atoms with E-state index in [2.05, 4.69) is 22.1 Å². The number of hydrogen-bond acceptors (Lipinski definition) is 3. The average molecular weight is 300 g/mol. The third-order valence-corrected chi connectivity index (χ3v) is 3.18. The van der Waals surface area contributed by atoms with Crippen LogP contribution in [-0.4, -0.2) is 17.4 Å². The number of nitrogens with zero attached hydrogens (tertiary/aromatic N) is 1. The third-order valence-electron chi connectivity index (χ3n) is 2.78. The van der Waals surface area contributed by atoms with Gasteiger partial charge in [-0.2, -0.15) is 0 Å². The summed E-state index contributed by atoms with van der Waals surface area (Å²) in [5.41, 5.74) is 7.70. The minimum Gasteiger partial charge on any atom is -0.321 e. The Kier molecular flexibility index (Phi) is 4.94. The van der Waals surface area contributed by atoms with Crippen LogP contribution >= 0.6 is 11.6 Å². The lowest BCUT2D eigenvalue weighted by molar-refractivity contribution is 0.102. The van der Waals surface area contributed by atoms with Gasteiger partial charge in [0.25, 0.3) is 5.91 Å². The number of halogens is 1. The highest BCUT2D eigenvalue weighted by molar-refractivity contribution is 6.31. The van der Waals surface area contributed by atoms with E-state index in [1.807, 2.05) is 13.0 Å². The van der Waals surface area contributed by atoms with Gasteiger partial charge in [0.05, 0.1) is 12.1 Å². The lowest BCUT2D eigenvalue weighted by Crippen LogP contribution is -2.15. The molecule has 1 aromatic carbocycles. The van der Waals surface area contributed by atoms with Crippen LogP contribution in [-0.2, 0) is 0 Å². The number of rotatable bonds is 2. The molecule has 0 unspecified atom stereocenters. The Bertz CT molecular complexity index is 732. The molecule has 0 aliphatic heterocycles. The van der Waals surface area contributed by atoms with Crippen molar-refractivity contribution >= 4 is 23.2 Å². The quantitative estimate of drug-likeness (QED) is 0.838. The van der Waals surface area contributed by atoms with E-state index in [0.717, 1.165) is 5.56 Å². The lowest BCUT2D eigenvalue weighted by atomic mass is 10.1. The van der Waals surface area contributed by atoms with Crippen LogP contribution in [0, 0.1) is 18.8 Å². The molecule has 0 saturated carbocycles. The van der Waals surface area contributed by atoms with Crippen LogP contribution in [0.2, 0.25) is 5.02 Å². The van der Waals surface area contributed by atoms with Gasteiger partial charge in [0.1, 0.15) is 5.69 Å². The Morgan fingerprint density at radius 2 is 2.24 bits per heavy atom. The van der Waals surface area contributed by atoms with Crippen molar-refractivity contribution in [2.24, 2.45) is 5.73 Å². The van der Waals surface area contributed by atoms with E-state index >= 15 is 0 Å². The summed E-state index contributed by atoms with van der Waals surface area (Å²) in [6.45, 7) is 2.12. The number of carbonyl (C=O) groups excluding carboxylic acids is 1. The van der Waals surface area contributed by atoms with E-state index in [9.17, 15) is 4.79 Å². The minimum absolute atomic E-state index is 0.226. The standard InChI is InChI=1S/C16H14ClN3O/c1-11-6-7-13(10-14(11)17)20-16(21)15-12(4-2-8-18)5-3-9-19-15/h3,5-7,9-10H,8,18H2,1H3,(H,20,21). The smallest absolute Gasteiger partial charge is 0.275 e. The van der Waals surface area contributed by atoms with Crippen LogP contribution in [0.5, 0.6) is 0 Å². The minimum atomic E-state index is -0.336. The van der Waals surface area contributed by atoms with Crippen molar-refractivity contribution in [2.75, 3.05) is 11.9 Å². The summed E-state index contributed by atoms with van der Waals surface area (Å²) >= 11 is 6.04. The van der Waals surface area contributed by atoms with Gasteiger partial charge in [-0.15, -0.1) is 0 Å². The Hall–Kier alpha value is -2.35. The summed E-state index contributed by atoms with van der Waals surface area (Å²) in [7, 11) is 0. The van der Waals surface area contributed by atoms with Crippen LogP contribution in [0.1, 0.15) is 21.6 Å². The van der Waals surface area contributed by atoms with Gasteiger partial charge in [0.2, 0.25) is 0 Å². The number of amides is 1. The molecule has 1 aromatic heterocycles. The Balaban J connectivity index is 2.26.